The van der Waals surface area contributed by atoms with Gasteiger partial charge in [0.05, 0.1) is 12.2 Å². The van der Waals surface area contributed by atoms with Gasteiger partial charge in [-0.15, -0.1) is 0 Å². The maximum Gasteiger partial charge on any atom is 0.270 e. The lowest BCUT2D eigenvalue weighted by atomic mass is 10.3. The fourth-order valence-electron chi connectivity index (χ4n) is 2.00. The highest BCUT2D eigenvalue weighted by Crippen LogP contribution is 2.18. The van der Waals surface area contributed by atoms with Gasteiger partial charge in [-0.05, 0) is 36.4 Å². The van der Waals surface area contributed by atoms with Crippen LogP contribution in [0.3, 0.4) is 0 Å². The van der Waals surface area contributed by atoms with E-state index in [1.807, 2.05) is 42.5 Å². The first kappa shape index (κ1) is 16.1. The fraction of sp³-hybridized carbons (Fsp3) is 0.0588. The van der Waals surface area contributed by atoms with Crippen LogP contribution in [0.5, 0.6) is 0 Å². The van der Waals surface area contributed by atoms with E-state index in [1.165, 1.54) is 6.33 Å². The van der Waals surface area contributed by atoms with Gasteiger partial charge in [0.15, 0.2) is 0 Å². The van der Waals surface area contributed by atoms with Gasteiger partial charge in [-0.25, -0.2) is 9.97 Å². The van der Waals surface area contributed by atoms with Crippen LogP contribution in [0.1, 0.15) is 16.2 Å². The number of carbonyl (C=O) groups excluding carboxylic acids is 1. The van der Waals surface area contributed by atoms with Gasteiger partial charge in [0.25, 0.3) is 5.91 Å². The van der Waals surface area contributed by atoms with Gasteiger partial charge in [-0.1, -0.05) is 22.0 Å². The molecule has 0 aliphatic rings. The Kier molecular flexibility index (Phi) is 5.12. The smallest absolute Gasteiger partial charge is 0.270 e. The molecule has 2 N–H and O–H groups in total. The molecule has 0 radical (unpaired) electrons. The van der Waals surface area contributed by atoms with E-state index in [-0.39, 0.29) is 5.91 Å². The average molecular weight is 384 g/mol. The molecule has 3 aromatic rings. The van der Waals surface area contributed by atoms with E-state index in [2.05, 4.69) is 41.5 Å². The van der Waals surface area contributed by atoms with E-state index in [0.717, 1.165) is 15.9 Å². The summed E-state index contributed by atoms with van der Waals surface area (Å²) in [4.78, 5) is 24.5. The number of benzene rings is 1. The van der Waals surface area contributed by atoms with Gasteiger partial charge in [-0.3, -0.25) is 9.78 Å². The third kappa shape index (κ3) is 4.36. The maximum absolute atomic E-state index is 12.2. The highest BCUT2D eigenvalue weighted by molar-refractivity contribution is 9.10. The molecular formula is C17H14BrN5O. The third-order valence-corrected chi connectivity index (χ3v) is 3.70. The van der Waals surface area contributed by atoms with Crippen molar-refractivity contribution in [3.8, 4) is 0 Å². The van der Waals surface area contributed by atoms with Crippen molar-refractivity contribution in [3.05, 3.63) is 76.9 Å². The summed E-state index contributed by atoms with van der Waals surface area (Å²) in [5.41, 5.74) is 1.95. The average Bonchev–Trinajstić information content (AvgIpc) is 2.63. The Morgan fingerprint density at radius 1 is 1.04 bits per heavy atom. The van der Waals surface area contributed by atoms with Crippen LogP contribution in [0.15, 0.2) is 65.5 Å². The van der Waals surface area contributed by atoms with Gasteiger partial charge >= 0.3 is 0 Å². The lowest BCUT2D eigenvalue weighted by molar-refractivity contribution is 0.0945. The summed E-state index contributed by atoms with van der Waals surface area (Å²) >= 11 is 3.39. The van der Waals surface area contributed by atoms with Crippen molar-refractivity contribution in [2.24, 2.45) is 0 Å². The number of hydrogen-bond donors (Lipinski definition) is 2. The Balaban J connectivity index is 1.65. The number of halogens is 1. The van der Waals surface area contributed by atoms with E-state index in [4.69, 9.17) is 0 Å². The van der Waals surface area contributed by atoms with Gasteiger partial charge in [-0.2, -0.15) is 0 Å². The third-order valence-electron chi connectivity index (χ3n) is 3.17. The van der Waals surface area contributed by atoms with Crippen LogP contribution in [-0.4, -0.2) is 20.9 Å². The molecule has 1 amide bonds. The SMILES string of the molecule is O=C(NCc1ccccn1)c1cc(Nc2ccc(Br)cc2)ncn1. The molecule has 0 saturated carbocycles. The Labute approximate surface area is 147 Å². The van der Waals surface area contributed by atoms with Crippen molar-refractivity contribution in [2.45, 2.75) is 6.54 Å². The van der Waals surface area contributed by atoms with Crippen molar-refractivity contribution in [1.82, 2.24) is 20.3 Å². The number of carbonyl (C=O) groups is 1. The highest BCUT2D eigenvalue weighted by atomic mass is 79.9. The zero-order chi connectivity index (χ0) is 16.8. The summed E-state index contributed by atoms with van der Waals surface area (Å²) in [5, 5.41) is 5.92. The van der Waals surface area contributed by atoms with Crippen molar-refractivity contribution in [1.29, 1.82) is 0 Å². The molecule has 2 heterocycles. The van der Waals surface area contributed by atoms with Crippen molar-refractivity contribution >= 4 is 33.3 Å². The van der Waals surface area contributed by atoms with Crippen LogP contribution in [0.2, 0.25) is 0 Å². The minimum absolute atomic E-state index is 0.276. The summed E-state index contributed by atoms with van der Waals surface area (Å²) in [6.07, 6.45) is 3.04. The number of pyridine rings is 1. The summed E-state index contributed by atoms with van der Waals surface area (Å²) < 4.78 is 0.991. The maximum atomic E-state index is 12.2. The number of hydrogen-bond acceptors (Lipinski definition) is 5. The first-order valence-electron chi connectivity index (χ1n) is 7.23. The van der Waals surface area contributed by atoms with Gasteiger partial charge < -0.3 is 10.6 Å². The Morgan fingerprint density at radius 2 is 1.88 bits per heavy atom. The van der Waals surface area contributed by atoms with Crippen molar-refractivity contribution in [3.63, 3.8) is 0 Å². The quantitative estimate of drug-likeness (QED) is 0.706. The standard InChI is InChI=1S/C17H14BrN5O/c18-12-4-6-13(7-5-12)23-16-9-15(21-11-22-16)17(24)20-10-14-3-1-2-8-19-14/h1-9,11H,10H2,(H,20,24)(H,21,22,23). The van der Waals surface area contributed by atoms with Crippen molar-refractivity contribution in [2.75, 3.05) is 5.32 Å². The van der Waals surface area contributed by atoms with Crippen LogP contribution in [0.4, 0.5) is 11.5 Å². The summed E-state index contributed by atoms with van der Waals surface area (Å²) in [6.45, 7) is 0.346. The summed E-state index contributed by atoms with van der Waals surface area (Å²) in [6, 6.07) is 14.8. The van der Waals surface area contributed by atoms with E-state index < -0.39 is 0 Å². The summed E-state index contributed by atoms with van der Waals surface area (Å²) in [5.74, 6) is 0.275. The molecule has 1 aromatic carbocycles. The Morgan fingerprint density at radius 3 is 2.62 bits per heavy atom. The predicted octanol–water partition coefficient (Wildman–Crippen LogP) is 3.31. The molecule has 0 aliphatic carbocycles. The molecule has 0 saturated heterocycles. The second-order valence-electron chi connectivity index (χ2n) is 4.92. The normalized spacial score (nSPS) is 10.2. The zero-order valence-corrected chi connectivity index (χ0v) is 14.2. The lowest BCUT2D eigenvalue weighted by Gasteiger charge is -2.07. The van der Waals surface area contributed by atoms with Crippen LogP contribution in [0, 0.1) is 0 Å². The number of nitrogens with one attached hydrogen (secondary N) is 2. The van der Waals surface area contributed by atoms with Crippen LogP contribution < -0.4 is 10.6 Å². The number of nitrogens with zero attached hydrogens (tertiary/aromatic N) is 3. The first-order chi connectivity index (χ1) is 11.7. The minimum atomic E-state index is -0.276. The van der Waals surface area contributed by atoms with E-state index in [0.29, 0.717) is 18.1 Å². The molecule has 6 nitrogen and oxygen atoms in total. The molecule has 7 heteroatoms. The Hall–Kier alpha value is -2.80. The molecule has 24 heavy (non-hydrogen) atoms. The molecular weight excluding hydrogens is 370 g/mol. The number of anilines is 2. The molecule has 0 unspecified atom stereocenters. The van der Waals surface area contributed by atoms with E-state index >= 15 is 0 Å². The predicted molar refractivity (Wildman–Crippen MR) is 94.9 cm³/mol. The first-order valence-corrected chi connectivity index (χ1v) is 8.03. The minimum Gasteiger partial charge on any atom is -0.345 e. The van der Waals surface area contributed by atoms with E-state index in [1.54, 1.807) is 12.3 Å². The van der Waals surface area contributed by atoms with E-state index in [9.17, 15) is 4.79 Å². The van der Waals surface area contributed by atoms with Crippen LogP contribution >= 0.6 is 15.9 Å². The number of aromatic nitrogens is 3. The second-order valence-corrected chi connectivity index (χ2v) is 5.84. The molecule has 0 spiro atoms. The van der Waals surface area contributed by atoms with Gasteiger partial charge in [0.2, 0.25) is 0 Å². The molecule has 2 aromatic heterocycles. The number of amides is 1. The van der Waals surface area contributed by atoms with Gasteiger partial charge in [0, 0.05) is 22.4 Å². The fourth-order valence-corrected chi connectivity index (χ4v) is 2.26. The number of rotatable bonds is 5. The summed E-state index contributed by atoms with van der Waals surface area (Å²) in [7, 11) is 0. The monoisotopic (exact) mass is 383 g/mol. The Bertz CT molecular complexity index is 824. The highest BCUT2D eigenvalue weighted by Gasteiger charge is 2.09. The van der Waals surface area contributed by atoms with Crippen LogP contribution in [0.25, 0.3) is 0 Å². The molecule has 0 bridgehead atoms. The largest absolute Gasteiger partial charge is 0.345 e. The van der Waals surface area contributed by atoms with Gasteiger partial charge in [0.1, 0.15) is 17.8 Å². The second kappa shape index (κ2) is 7.65. The molecule has 0 aliphatic heterocycles. The van der Waals surface area contributed by atoms with Crippen molar-refractivity contribution < 1.29 is 4.79 Å². The molecule has 0 atom stereocenters. The van der Waals surface area contributed by atoms with Crippen LogP contribution in [-0.2, 0) is 6.54 Å². The zero-order valence-electron chi connectivity index (χ0n) is 12.6. The molecule has 0 fully saturated rings. The molecule has 120 valence electrons. The molecule has 3 rings (SSSR count). The topological polar surface area (TPSA) is 79.8 Å². The lowest BCUT2D eigenvalue weighted by Crippen LogP contribution is -2.24.